The molecule has 21 heavy (non-hydrogen) atoms. The minimum absolute atomic E-state index is 0.00298. The fraction of sp³-hybridized carbons (Fsp3) is 0.533. The van der Waals surface area contributed by atoms with Crippen LogP contribution in [0.5, 0.6) is 5.75 Å². The van der Waals surface area contributed by atoms with Crippen molar-refractivity contribution >= 4 is 11.6 Å². The van der Waals surface area contributed by atoms with E-state index < -0.39 is 6.04 Å². The zero-order chi connectivity index (χ0) is 15.4. The van der Waals surface area contributed by atoms with Gasteiger partial charge in [-0.2, -0.15) is 0 Å². The van der Waals surface area contributed by atoms with Crippen LogP contribution in [-0.2, 0) is 4.79 Å². The predicted molar refractivity (Wildman–Crippen MR) is 80.0 cm³/mol. The number of carbonyl (C=O) groups is 1. The van der Waals surface area contributed by atoms with Crippen molar-refractivity contribution in [2.45, 2.75) is 19.4 Å². The SMILES string of the molecule is CCC(N)C(=O)N1CCN(c2ccc(F)cc2OC)CC1. The van der Waals surface area contributed by atoms with Crippen LogP contribution >= 0.6 is 0 Å². The van der Waals surface area contributed by atoms with Gasteiger partial charge in [0.05, 0.1) is 18.8 Å². The number of anilines is 1. The lowest BCUT2D eigenvalue weighted by Crippen LogP contribution is -2.53. The molecule has 0 radical (unpaired) electrons. The van der Waals surface area contributed by atoms with Gasteiger partial charge in [-0.3, -0.25) is 4.79 Å². The number of nitrogens with zero attached hydrogens (tertiary/aromatic N) is 2. The summed E-state index contributed by atoms with van der Waals surface area (Å²) < 4.78 is 18.5. The smallest absolute Gasteiger partial charge is 0.239 e. The Morgan fingerprint density at radius 1 is 1.38 bits per heavy atom. The van der Waals surface area contributed by atoms with Gasteiger partial charge in [0.1, 0.15) is 11.6 Å². The number of hydrogen-bond acceptors (Lipinski definition) is 4. The number of amides is 1. The summed E-state index contributed by atoms with van der Waals surface area (Å²) in [5.74, 6) is 0.196. The Balaban J connectivity index is 2.03. The van der Waals surface area contributed by atoms with Gasteiger partial charge in [-0.1, -0.05) is 6.92 Å². The predicted octanol–water partition coefficient (Wildman–Crippen LogP) is 1.22. The van der Waals surface area contributed by atoms with Crippen molar-refractivity contribution in [3.8, 4) is 5.75 Å². The second-order valence-electron chi connectivity index (χ2n) is 5.14. The molecule has 2 rings (SSSR count). The van der Waals surface area contributed by atoms with Gasteiger partial charge in [0, 0.05) is 32.2 Å². The van der Waals surface area contributed by atoms with Crippen LogP contribution in [0.3, 0.4) is 0 Å². The summed E-state index contributed by atoms with van der Waals surface area (Å²) in [6.07, 6.45) is 0.644. The molecule has 0 saturated carbocycles. The lowest BCUT2D eigenvalue weighted by atomic mass is 10.1. The first-order valence-corrected chi connectivity index (χ1v) is 7.19. The molecule has 0 bridgehead atoms. The monoisotopic (exact) mass is 295 g/mol. The number of methoxy groups -OCH3 is 1. The molecule has 0 aliphatic carbocycles. The molecule has 1 aromatic rings. The highest BCUT2D eigenvalue weighted by atomic mass is 19.1. The Morgan fingerprint density at radius 3 is 2.62 bits per heavy atom. The van der Waals surface area contributed by atoms with E-state index in [1.165, 1.54) is 19.2 Å². The minimum Gasteiger partial charge on any atom is -0.494 e. The maximum Gasteiger partial charge on any atom is 0.239 e. The summed E-state index contributed by atoms with van der Waals surface area (Å²) >= 11 is 0. The molecule has 5 nitrogen and oxygen atoms in total. The van der Waals surface area contributed by atoms with Gasteiger partial charge >= 0.3 is 0 Å². The van der Waals surface area contributed by atoms with E-state index in [9.17, 15) is 9.18 Å². The van der Waals surface area contributed by atoms with Gasteiger partial charge in [0.2, 0.25) is 5.91 Å². The van der Waals surface area contributed by atoms with Crippen molar-refractivity contribution in [1.29, 1.82) is 0 Å². The zero-order valence-electron chi connectivity index (χ0n) is 12.5. The van der Waals surface area contributed by atoms with Gasteiger partial charge in [-0.15, -0.1) is 0 Å². The summed E-state index contributed by atoms with van der Waals surface area (Å²) in [7, 11) is 1.53. The Kier molecular flexibility index (Phi) is 5.01. The van der Waals surface area contributed by atoms with Gasteiger partial charge in [-0.05, 0) is 18.6 Å². The molecular weight excluding hydrogens is 273 g/mol. The summed E-state index contributed by atoms with van der Waals surface area (Å²) in [5, 5.41) is 0. The summed E-state index contributed by atoms with van der Waals surface area (Å²) in [4.78, 5) is 15.9. The first-order valence-electron chi connectivity index (χ1n) is 7.19. The Bertz CT molecular complexity index is 502. The quantitative estimate of drug-likeness (QED) is 0.907. The Labute approximate surface area is 124 Å². The molecule has 1 aliphatic rings. The lowest BCUT2D eigenvalue weighted by Gasteiger charge is -2.37. The molecule has 1 aromatic carbocycles. The molecule has 0 spiro atoms. The third kappa shape index (κ3) is 3.44. The maximum absolute atomic E-state index is 13.2. The van der Waals surface area contributed by atoms with E-state index >= 15 is 0 Å². The topological polar surface area (TPSA) is 58.8 Å². The second kappa shape index (κ2) is 6.76. The molecule has 1 unspecified atom stereocenters. The summed E-state index contributed by atoms with van der Waals surface area (Å²) in [6, 6.07) is 4.09. The molecule has 1 heterocycles. The molecule has 6 heteroatoms. The number of piperazine rings is 1. The van der Waals surface area contributed by atoms with Crippen LogP contribution in [0.2, 0.25) is 0 Å². The van der Waals surface area contributed by atoms with E-state index in [0.29, 0.717) is 38.3 Å². The fourth-order valence-electron chi connectivity index (χ4n) is 2.49. The van der Waals surface area contributed by atoms with Crippen LogP contribution in [0.25, 0.3) is 0 Å². The molecule has 1 atom stereocenters. The number of nitrogens with two attached hydrogens (primary N) is 1. The van der Waals surface area contributed by atoms with Crippen LogP contribution in [0.1, 0.15) is 13.3 Å². The Morgan fingerprint density at radius 2 is 2.05 bits per heavy atom. The summed E-state index contributed by atoms with van der Waals surface area (Å²) in [5.41, 5.74) is 6.64. The fourth-order valence-corrected chi connectivity index (χ4v) is 2.49. The van der Waals surface area contributed by atoms with Crippen LogP contribution in [-0.4, -0.2) is 50.1 Å². The highest BCUT2D eigenvalue weighted by Gasteiger charge is 2.25. The number of halogens is 1. The van der Waals surface area contributed by atoms with E-state index in [1.807, 2.05) is 6.92 Å². The van der Waals surface area contributed by atoms with Crippen molar-refractivity contribution in [2.24, 2.45) is 5.73 Å². The van der Waals surface area contributed by atoms with E-state index in [-0.39, 0.29) is 11.7 Å². The third-order valence-electron chi connectivity index (χ3n) is 3.83. The second-order valence-corrected chi connectivity index (χ2v) is 5.14. The van der Waals surface area contributed by atoms with Crippen molar-refractivity contribution in [2.75, 3.05) is 38.2 Å². The molecule has 0 aromatic heterocycles. The molecule has 2 N–H and O–H groups in total. The van der Waals surface area contributed by atoms with Crippen molar-refractivity contribution in [1.82, 2.24) is 4.90 Å². The number of benzene rings is 1. The standard InChI is InChI=1S/C15H22FN3O2/c1-3-12(17)15(20)19-8-6-18(7-9-19)13-5-4-11(16)10-14(13)21-2/h4-5,10,12H,3,6-9,17H2,1-2H3. The molecule has 1 aliphatic heterocycles. The van der Waals surface area contributed by atoms with Gasteiger partial charge < -0.3 is 20.3 Å². The molecular formula is C15H22FN3O2. The van der Waals surface area contributed by atoms with Gasteiger partial charge in [0.15, 0.2) is 0 Å². The molecule has 1 saturated heterocycles. The molecule has 1 amide bonds. The zero-order valence-corrected chi connectivity index (χ0v) is 12.5. The van der Waals surface area contributed by atoms with Gasteiger partial charge in [-0.25, -0.2) is 4.39 Å². The number of rotatable bonds is 4. The number of ether oxygens (including phenoxy) is 1. The van der Waals surface area contributed by atoms with Crippen LogP contribution < -0.4 is 15.4 Å². The lowest BCUT2D eigenvalue weighted by molar-refractivity contribution is -0.132. The van der Waals surface area contributed by atoms with E-state index in [2.05, 4.69) is 4.90 Å². The molecule has 116 valence electrons. The van der Waals surface area contributed by atoms with E-state index in [0.717, 1.165) is 5.69 Å². The van der Waals surface area contributed by atoms with Crippen LogP contribution in [0.15, 0.2) is 18.2 Å². The van der Waals surface area contributed by atoms with E-state index in [1.54, 1.807) is 11.0 Å². The van der Waals surface area contributed by atoms with Gasteiger partial charge in [0.25, 0.3) is 0 Å². The third-order valence-corrected chi connectivity index (χ3v) is 3.83. The van der Waals surface area contributed by atoms with E-state index in [4.69, 9.17) is 10.5 Å². The number of hydrogen-bond donors (Lipinski definition) is 1. The number of carbonyl (C=O) groups excluding carboxylic acids is 1. The van der Waals surface area contributed by atoms with Crippen molar-refractivity contribution in [3.05, 3.63) is 24.0 Å². The van der Waals surface area contributed by atoms with Crippen LogP contribution in [0.4, 0.5) is 10.1 Å². The summed E-state index contributed by atoms with van der Waals surface area (Å²) in [6.45, 7) is 4.51. The highest BCUT2D eigenvalue weighted by molar-refractivity contribution is 5.81. The highest BCUT2D eigenvalue weighted by Crippen LogP contribution is 2.29. The molecule has 1 fully saturated rings. The maximum atomic E-state index is 13.2. The van der Waals surface area contributed by atoms with Crippen LogP contribution in [0, 0.1) is 5.82 Å². The normalized spacial score (nSPS) is 16.8. The Hall–Kier alpha value is -1.82. The van der Waals surface area contributed by atoms with Crippen molar-refractivity contribution < 1.29 is 13.9 Å². The largest absolute Gasteiger partial charge is 0.494 e. The minimum atomic E-state index is -0.420. The first-order chi connectivity index (χ1) is 10.1. The van der Waals surface area contributed by atoms with Crippen molar-refractivity contribution in [3.63, 3.8) is 0 Å². The first kappa shape index (κ1) is 15.6. The average Bonchev–Trinajstić information content (AvgIpc) is 2.53. The average molecular weight is 295 g/mol.